The standard InChI is InChI=1S/C13H17BrFNO2/c1-2-9(5-6-17)8-16-13(18)11-7-10(15)3-4-12(11)14/h3-4,7,9,17H,2,5-6,8H2,1H3,(H,16,18). The third-order valence-corrected chi connectivity index (χ3v) is 3.53. The van der Waals surface area contributed by atoms with Gasteiger partial charge < -0.3 is 10.4 Å². The maximum absolute atomic E-state index is 13.1. The molecule has 2 N–H and O–H groups in total. The van der Waals surface area contributed by atoms with Gasteiger partial charge in [-0.2, -0.15) is 0 Å². The Morgan fingerprint density at radius 1 is 1.56 bits per heavy atom. The van der Waals surface area contributed by atoms with Crippen molar-refractivity contribution in [1.29, 1.82) is 0 Å². The SMILES string of the molecule is CCC(CCO)CNC(=O)c1cc(F)ccc1Br. The number of nitrogens with one attached hydrogen (secondary N) is 1. The molecule has 1 amide bonds. The molecule has 0 aromatic heterocycles. The van der Waals surface area contributed by atoms with Gasteiger partial charge in [0.05, 0.1) is 5.56 Å². The zero-order valence-electron chi connectivity index (χ0n) is 10.2. The Balaban J connectivity index is 2.62. The summed E-state index contributed by atoms with van der Waals surface area (Å²) in [6.07, 6.45) is 1.53. The summed E-state index contributed by atoms with van der Waals surface area (Å²) < 4.78 is 13.6. The second-order valence-electron chi connectivity index (χ2n) is 4.12. The highest BCUT2D eigenvalue weighted by molar-refractivity contribution is 9.10. The first-order chi connectivity index (χ1) is 8.58. The van der Waals surface area contributed by atoms with Gasteiger partial charge in [-0.15, -0.1) is 0 Å². The van der Waals surface area contributed by atoms with Gasteiger partial charge in [0.25, 0.3) is 5.91 Å². The molecule has 100 valence electrons. The monoisotopic (exact) mass is 317 g/mol. The molecule has 0 bridgehead atoms. The molecule has 0 aliphatic rings. The first-order valence-electron chi connectivity index (χ1n) is 5.92. The number of benzene rings is 1. The summed E-state index contributed by atoms with van der Waals surface area (Å²) in [5.41, 5.74) is 0.286. The summed E-state index contributed by atoms with van der Waals surface area (Å²) in [7, 11) is 0. The minimum Gasteiger partial charge on any atom is -0.396 e. The van der Waals surface area contributed by atoms with Gasteiger partial charge in [-0.05, 0) is 46.5 Å². The summed E-state index contributed by atoms with van der Waals surface area (Å²) in [4.78, 5) is 11.9. The summed E-state index contributed by atoms with van der Waals surface area (Å²) in [5.74, 6) is -0.505. The van der Waals surface area contributed by atoms with Gasteiger partial charge in [-0.3, -0.25) is 4.79 Å². The minimum absolute atomic E-state index is 0.109. The van der Waals surface area contributed by atoms with Crippen LogP contribution < -0.4 is 5.32 Å². The third kappa shape index (κ3) is 4.38. The van der Waals surface area contributed by atoms with Crippen LogP contribution >= 0.6 is 15.9 Å². The summed E-state index contributed by atoms with van der Waals surface area (Å²) in [6.45, 7) is 2.60. The van der Waals surface area contributed by atoms with Crippen LogP contribution in [0.15, 0.2) is 22.7 Å². The lowest BCUT2D eigenvalue weighted by atomic mass is 10.0. The lowest BCUT2D eigenvalue weighted by molar-refractivity contribution is 0.0942. The Kier molecular flexibility index (Phi) is 6.29. The second kappa shape index (κ2) is 7.48. The van der Waals surface area contributed by atoms with E-state index in [1.807, 2.05) is 6.92 Å². The quantitative estimate of drug-likeness (QED) is 0.847. The fourth-order valence-electron chi connectivity index (χ4n) is 1.64. The number of carbonyl (C=O) groups excluding carboxylic acids is 1. The van der Waals surface area contributed by atoms with Crippen LogP contribution in [0.4, 0.5) is 4.39 Å². The first kappa shape index (κ1) is 15.1. The molecule has 0 spiro atoms. The molecule has 1 rings (SSSR count). The Morgan fingerprint density at radius 2 is 2.28 bits per heavy atom. The number of halogens is 2. The molecular formula is C13H17BrFNO2. The molecule has 18 heavy (non-hydrogen) atoms. The van der Waals surface area contributed by atoms with Crippen LogP contribution in [0.2, 0.25) is 0 Å². The molecule has 1 unspecified atom stereocenters. The van der Waals surface area contributed by atoms with E-state index in [-0.39, 0.29) is 24.0 Å². The van der Waals surface area contributed by atoms with Crippen LogP contribution in [0, 0.1) is 11.7 Å². The Labute approximate surface area is 115 Å². The van der Waals surface area contributed by atoms with E-state index in [1.54, 1.807) is 0 Å². The lowest BCUT2D eigenvalue weighted by Crippen LogP contribution is -2.29. The molecule has 0 fully saturated rings. The van der Waals surface area contributed by atoms with Crippen molar-refractivity contribution >= 4 is 21.8 Å². The Hall–Kier alpha value is -0.940. The third-order valence-electron chi connectivity index (χ3n) is 2.84. The topological polar surface area (TPSA) is 49.3 Å². The fourth-order valence-corrected chi connectivity index (χ4v) is 2.06. The van der Waals surface area contributed by atoms with Crippen molar-refractivity contribution in [2.75, 3.05) is 13.2 Å². The van der Waals surface area contributed by atoms with Gasteiger partial charge in [-0.25, -0.2) is 4.39 Å². The van der Waals surface area contributed by atoms with Gasteiger partial charge >= 0.3 is 0 Å². The predicted octanol–water partition coefficient (Wildman–Crippen LogP) is 2.73. The highest BCUT2D eigenvalue weighted by Gasteiger charge is 2.13. The highest BCUT2D eigenvalue weighted by atomic mass is 79.9. The van der Waals surface area contributed by atoms with Crippen LogP contribution in [0.25, 0.3) is 0 Å². The van der Waals surface area contributed by atoms with Gasteiger partial charge in [-0.1, -0.05) is 13.3 Å². The average Bonchev–Trinajstić information content (AvgIpc) is 2.37. The second-order valence-corrected chi connectivity index (χ2v) is 4.98. The van der Waals surface area contributed by atoms with Crippen LogP contribution in [0.3, 0.4) is 0 Å². The number of aliphatic hydroxyl groups excluding tert-OH is 1. The smallest absolute Gasteiger partial charge is 0.252 e. The van der Waals surface area contributed by atoms with Gasteiger partial charge in [0.2, 0.25) is 0 Å². The Morgan fingerprint density at radius 3 is 2.89 bits per heavy atom. The number of aliphatic hydroxyl groups is 1. The molecular weight excluding hydrogens is 301 g/mol. The summed E-state index contributed by atoms with van der Waals surface area (Å²) in [6, 6.07) is 4.00. The van der Waals surface area contributed by atoms with Gasteiger partial charge in [0.15, 0.2) is 0 Å². The minimum atomic E-state index is -0.439. The Bertz CT molecular complexity index is 412. The van der Waals surface area contributed by atoms with Crippen LogP contribution in [-0.2, 0) is 0 Å². The van der Waals surface area contributed by atoms with Crippen molar-refractivity contribution in [3.05, 3.63) is 34.1 Å². The molecule has 3 nitrogen and oxygen atoms in total. The van der Waals surface area contributed by atoms with E-state index in [9.17, 15) is 9.18 Å². The van der Waals surface area contributed by atoms with E-state index in [0.29, 0.717) is 17.4 Å². The van der Waals surface area contributed by atoms with Gasteiger partial charge in [0, 0.05) is 17.6 Å². The van der Waals surface area contributed by atoms with Crippen LogP contribution in [-0.4, -0.2) is 24.2 Å². The first-order valence-corrected chi connectivity index (χ1v) is 6.71. The van der Waals surface area contributed by atoms with Crippen molar-refractivity contribution in [2.45, 2.75) is 19.8 Å². The maximum Gasteiger partial charge on any atom is 0.252 e. The molecule has 0 aliphatic heterocycles. The van der Waals surface area contributed by atoms with Crippen molar-refractivity contribution in [1.82, 2.24) is 5.32 Å². The van der Waals surface area contributed by atoms with E-state index in [4.69, 9.17) is 5.11 Å². The van der Waals surface area contributed by atoms with Gasteiger partial charge in [0.1, 0.15) is 5.82 Å². The maximum atomic E-state index is 13.1. The molecule has 5 heteroatoms. The molecule has 0 heterocycles. The van der Waals surface area contributed by atoms with Crippen LogP contribution in [0.5, 0.6) is 0 Å². The highest BCUT2D eigenvalue weighted by Crippen LogP contribution is 2.18. The summed E-state index contributed by atoms with van der Waals surface area (Å²) >= 11 is 3.22. The number of hydrogen-bond acceptors (Lipinski definition) is 2. The number of hydrogen-bond donors (Lipinski definition) is 2. The predicted molar refractivity (Wildman–Crippen MR) is 71.9 cm³/mol. The number of amides is 1. The van der Waals surface area contributed by atoms with Crippen molar-refractivity contribution in [2.24, 2.45) is 5.92 Å². The van der Waals surface area contributed by atoms with Crippen molar-refractivity contribution in [3.63, 3.8) is 0 Å². The largest absolute Gasteiger partial charge is 0.396 e. The van der Waals surface area contributed by atoms with E-state index in [1.165, 1.54) is 18.2 Å². The molecule has 0 saturated carbocycles. The zero-order chi connectivity index (χ0) is 13.5. The lowest BCUT2D eigenvalue weighted by Gasteiger charge is -2.14. The van der Waals surface area contributed by atoms with E-state index < -0.39 is 5.82 Å². The van der Waals surface area contributed by atoms with Crippen molar-refractivity contribution in [3.8, 4) is 0 Å². The van der Waals surface area contributed by atoms with E-state index >= 15 is 0 Å². The van der Waals surface area contributed by atoms with Crippen LogP contribution in [0.1, 0.15) is 30.1 Å². The average molecular weight is 318 g/mol. The molecule has 1 aromatic rings. The molecule has 0 radical (unpaired) electrons. The van der Waals surface area contributed by atoms with Crippen molar-refractivity contribution < 1.29 is 14.3 Å². The van der Waals surface area contributed by atoms with E-state index in [0.717, 1.165) is 6.42 Å². The molecule has 1 aromatic carbocycles. The molecule has 1 atom stereocenters. The number of carbonyl (C=O) groups is 1. The molecule has 0 aliphatic carbocycles. The normalized spacial score (nSPS) is 12.2. The number of rotatable bonds is 6. The zero-order valence-corrected chi connectivity index (χ0v) is 11.8. The fraction of sp³-hybridized carbons (Fsp3) is 0.462. The summed E-state index contributed by atoms with van der Waals surface area (Å²) in [5, 5.41) is 11.6. The van der Waals surface area contributed by atoms with E-state index in [2.05, 4.69) is 21.2 Å². The molecule has 0 saturated heterocycles.